The molecular weight excluding hydrogens is 304 g/mol. The van der Waals surface area contributed by atoms with Crippen LogP contribution in [0, 0.1) is 0 Å². The number of hydrogen-bond acceptors (Lipinski definition) is 1. The molecule has 18 heavy (non-hydrogen) atoms. The number of rotatable bonds is 11. The third-order valence-corrected chi connectivity index (χ3v) is 4.92. The molecule has 0 bridgehead atoms. The summed E-state index contributed by atoms with van der Waals surface area (Å²) in [7, 11) is 0. The minimum absolute atomic E-state index is 0.673. The van der Waals surface area contributed by atoms with Gasteiger partial charge < -0.3 is 0 Å². The van der Waals surface area contributed by atoms with Gasteiger partial charge in [-0.15, -0.1) is 0 Å². The summed E-state index contributed by atoms with van der Waals surface area (Å²) in [5, 5.41) is 4.44. The van der Waals surface area contributed by atoms with Crippen molar-refractivity contribution in [2.24, 2.45) is 0 Å². The Morgan fingerprint density at radius 3 is 2.33 bits per heavy atom. The highest BCUT2D eigenvalue weighted by molar-refractivity contribution is 9.09. The van der Waals surface area contributed by atoms with Crippen LogP contribution >= 0.6 is 27.3 Å². The van der Waals surface area contributed by atoms with E-state index in [-0.39, 0.29) is 0 Å². The standard InChI is InChI=1S/C16H27BrS/c1-2-3-4-5-6-7-8-9-10-16(17)13-15-11-12-18-14-15/h11-12,14,16H,2-10,13H2,1H3. The molecule has 0 N–H and O–H groups in total. The van der Waals surface area contributed by atoms with Crippen molar-refractivity contribution < 1.29 is 0 Å². The molecule has 0 nitrogen and oxygen atoms in total. The fourth-order valence-electron chi connectivity index (χ4n) is 2.27. The fraction of sp³-hybridized carbons (Fsp3) is 0.750. The highest BCUT2D eigenvalue weighted by Crippen LogP contribution is 2.19. The van der Waals surface area contributed by atoms with Crippen LogP contribution in [0.4, 0.5) is 0 Å². The van der Waals surface area contributed by atoms with E-state index < -0.39 is 0 Å². The van der Waals surface area contributed by atoms with Gasteiger partial charge in [0, 0.05) is 4.83 Å². The largest absolute Gasteiger partial charge is 0.152 e. The van der Waals surface area contributed by atoms with Gasteiger partial charge in [-0.05, 0) is 35.2 Å². The van der Waals surface area contributed by atoms with Gasteiger partial charge in [0.25, 0.3) is 0 Å². The highest BCUT2D eigenvalue weighted by atomic mass is 79.9. The lowest BCUT2D eigenvalue weighted by Crippen LogP contribution is -2.01. The van der Waals surface area contributed by atoms with E-state index in [2.05, 4.69) is 39.7 Å². The topological polar surface area (TPSA) is 0 Å². The normalized spacial score (nSPS) is 12.8. The van der Waals surface area contributed by atoms with Crippen LogP contribution in [-0.2, 0) is 6.42 Å². The Kier molecular flexibility index (Phi) is 9.96. The molecule has 1 heterocycles. The summed E-state index contributed by atoms with van der Waals surface area (Å²) in [6, 6.07) is 2.24. The van der Waals surface area contributed by atoms with Gasteiger partial charge in [0.05, 0.1) is 0 Å². The summed E-state index contributed by atoms with van der Waals surface area (Å²) in [4.78, 5) is 0.673. The molecule has 0 aliphatic carbocycles. The zero-order valence-corrected chi connectivity index (χ0v) is 14.1. The van der Waals surface area contributed by atoms with Crippen molar-refractivity contribution in [3.63, 3.8) is 0 Å². The first-order valence-electron chi connectivity index (χ1n) is 7.48. The molecule has 0 saturated carbocycles. The first kappa shape index (κ1) is 16.2. The quantitative estimate of drug-likeness (QED) is 0.317. The van der Waals surface area contributed by atoms with E-state index >= 15 is 0 Å². The van der Waals surface area contributed by atoms with Crippen LogP contribution in [0.15, 0.2) is 16.8 Å². The van der Waals surface area contributed by atoms with Crippen LogP contribution in [-0.4, -0.2) is 4.83 Å². The second-order valence-electron chi connectivity index (χ2n) is 5.20. The third-order valence-electron chi connectivity index (χ3n) is 3.41. The fourth-order valence-corrected chi connectivity index (χ4v) is 3.65. The Morgan fingerprint density at radius 2 is 1.72 bits per heavy atom. The van der Waals surface area contributed by atoms with Crippen molar-refractivity contribution in [3.05, 3.63) is 22.4 Å². The van der Waals surface area contributed by atoms with Crippen molar-refractivity contribution >= 4 is 27.3 Å². The first-order chi connectivity index (χ1) is 8.83. The van der Waals surface area contributed by atoms with Crippen molar-refractivity contribution in [3.8, 4) is 0 Å². The highest BCUT2D eigenvalue weighted by Gasteiger charge is 2.05. The number of unbranched alkanes of at least 4 members (excludes halogenated alkanes) is 7. The first-order valence-corrected chi connectivity index (χ1v) is 9.34. The smallest absolute Gasteiger partial charge is 0.0186 e. The van der Waals surface area contributed by atoms with Crippen LogP contribution in [0.3, 0.4) is 0 Å². The average Bonchev–Trinajstić information content (AvgIpc) is 2.85. The maximum atomic E-state index is 3.81. The van der Waals surface area contributed by atoms with Crippen molar-refractivity contribution in [2.75, 3.05) is 0 Å². The Labute approximate surface area is 125 Å². The molecule has 0 saturated heterocycles. The molecular formula is C16H27BrS. The molecule has 1 rings (SSSR count). The third kappa shape index (κ3) is 8.31. The van der Waals surface area contributed by atoms with Gasteiger partial charge in [0.1, 0.15) is 0 Å². The van der Waals surface area contributed by atoms with Crippen molar-refractivity contribution in [1.29, 1.82) is 0 Å². The molecule has 0 fully saturated rings. The van der Waals surface area contributed by atoms with Crippen LogP contribution in [0.1, 0.15) is 70.3 Å². The number of hydrogen-bond donors (Lipinski definition) is 0. The van der Waals surface area contributed by atoms with E-state index in [1.165, 1.54) is 69.8 Å². The summed E-state index contributed by atoms with van der Waals surface area (Å²) in [6.07, 6.45) is 13.9. The summed E-state index contributed by atoms with van der Waals surface area (Å²) in [5.41, 5.74) is 1.49. The molecule has 1 unspecified atom stereocenters. The van der Waals surface area contributed by atoms with E-state index in [9.17, 15) is 0 Å². The summed E-state index contributed by atoms with van der Waals surface area (Å²) in [6.45, 7) is 2.28. The molecule has 1 atom stereocenters. The molecule has 104 valence electrons. The van der Waals surface area contributed by atoms with Crippen LogP contribution < -0.4 is 0 Å². The van der Waals surface area contributed by atoms with E-state index in [4.69, 9.17) is 0 Å². The van der Waals surface area contributed by atoms with E-state index in [0.29, 0.717) is 4.83 Å². The zero-order valence-electron chi connectivity index (χ0n) is 11.7. The Bertz CT molecular complexity index is 269. The van der Waals surface area contributed by atoms with Crippen LogP contribution in [0.25, 0.3) is 0 Å². The Hall–Kier alpha value is 0.180. The SMILES string of the molecule is CCCCCCCCCCC(Br)Cc1ccsc1. The minimum Gasteiger partial charge on any atom is -0.152 e. The Balaban J connectivity index is 1.88. The molecule has 1 aromatic heterocycles. The van der Waals surface area contributed by atoms with Crippen molar-refractivity contribution in [2.45, 2.75) is 76.0 Å². The van der Waals surface area contributed by atoms with Gasteiger partial charge in [-0.3, -0.25) is 0 Å². The minimum atomic E-state index is 0.673. The van der Waals surface area contributed by atoms with E-state index in [1.807, 2.05) is 0 Å². The predicted molar refractivity (Wildman–Crippen MR) is 88.0 cm³/mol. The van der Waals surface area contributed by atoms with Gasteiger partial charge in [0.2, 0.25) is 0 Å². The number of halogens is 1. The zero-order chi connectivity index (χ0) is 13.1. The monoisotopic (exact) mass is 330 g/mol. The van der Waals surface area contributed by atoms with E-state index in [1.54, 1.807) is 11.3 Å². The molecule has 0 aliphatic heterocycles. The van der Waals surface area contributed by atoms with Gasteiger partial charge in [-0.25, -0.2) is 0 Å². The van der Waals surface area contributed by atoms with Crippen LogP contribution in [0.5, 0.6) is 0 Å². The lowest BCUT2D eigenvalue weighted by Gasteiger charge is -2.08. The van der Waals surface area contributed by atoms with Gasteiger partial charge >= 0.3 is 0 Å². The van der Waals surface area contributed by atoms with Gasteiger partial charge in [-0.2, -0.15) is 11.3 Å². The average molecular weight is 331 g/mol. The summed E-state index contributed by atoms with van der Waals surface area (Å²) in [5.74, 6) is 0. The van der Waals surface area contributed by atoms with E-state index in [0.717, 1.165) is 0 Å². The Morgan fingerprint density at radius 1 is 1.06 bits per heavy atom. The molecule has 0 aromatic carbocycles. The van der Waals surface area contributed by atoms with Gasteiger partial charge in [0.15, 0.2) is 0 Å². The molecule has 0 spiro atoms. The lowest BCUT2D eigenvalue weighted by atomic mass is 10.0. The predicted octanol–water partition coefficient (Wildman–Crippen LogP) is 6.58. The maximum absolute atomic E-state index is 3.81. The number of thiophene rings is 1. The van der Waals surface area contributed by atoms with Crippen molar-refractivity contribution in [1.82, 2.24) is 0 Å². The van der Waals surface area contributed by atoms with Gasteiger partial charge in [-0.1, -0.05) is 74.2 Å². The molecule has 0 radical (unpaired) electrons. The molecule has 1 aromatic rings. The molecule has 0 amide bonds. The summed E-state index contributed by atoms with van der Waals surface area (Å²) < 4.78 is 0. The summed E-state index contributed by atoms with van der Waals surface area (Å²) >= 11 is 5.61. The van der Waals surface area contributed by atoms with Crippen LogP contribution in [0.2, 0.25) is 0 Å². The number of alkyl halides is 1. The lowest BCUT2D eigenvalue weighted by molar-refractivity contribution is 0.561. The maximum Gasteiger partial charge on any atom is 0.0186 e. The molecule has 2 heteroatoms. The second-order valence-corrected chi connectivity index (χ2v) is 7.27. The second kappa shape index (κ2) is 11.0. The molecule has 0 aliphatic rings.